The van der Waals surface area contributed by atoms with E-state index in [0.29, 0.717) is 0 Å². The Hall–Kier alpha value is 0.809. The van der Waals surface area contributed by atoms with Crippen molar-refractivity contribution in [2.24, 2.45) is 4.52 Å². The molecule has 210 valence electrons. The third-order valence-electron chi connectivity index (χ3n) is 8.69. The Kier molecular flexibility index (Phi) is 10.4. The van der Waals surface area contributed by atoms with Crippen LogP contribution in [0.2, 0.25) is 0 Å². The summed E-state index contributed by atoms with van der Waals surface area (Å²) in [5, 5.41) is 0.0555. The molecular weight excluding hydrogens is 539 g/mol. The molecule has 0 unspecified atom stereocenters. The summed E-state index contributed by atoms with van der Waals surface area (Å²) in [5.41, 5.74) is 0. The van der Waals surface area contributed by atoms with E-state index in [1.165, 1.54) is 19.0 Å². The maximum absolute atomic E-state index is 6.54. The van der Waals surface area contributed by atoms with Crippen molar-refractivity contribution in [2.45, 2.75) is 77.0 Å². The molecule has 1 saturated heterocycles. The molecule has 7 nitrogen and oxygen atoms in total. The van der Waals surface area contributed by atoms with Gasteiger partial charge in [0, 0.05) is 0 Å². The molecule has 1 rings (SSSR count). The van der Waals surface area contributed by atoms with E-state index in [1.54, 1.807) is 4.16 Å². The van der Waals surface area contributed by atoms with Crippen molar-refractivity contribution in [3.8, 4) is 0 Å². The van der Waals surface area contributed by atoms with Crippen LogP contribution in [-0.2, 0) is 0 Å². The zero-order chi connectivity index (χ0) is 28.0. The van der Waals surface area contributed by atoms with Gasteiger partial charge in [0.15, 0.2) is 0 Å². The van der Waals surface area contributed by atoms with Crippen molar-refractivity contribution < 1.29 is 0 Å². The number of hydrogen-bond acceptors (Lipinski definition) is 4. The van der Waals surface area contributed by atoms with E-state index in [-0.39, 0.29) is 10.3 Å². The maximum atomic E-state index is 6.54. The molecule has 1 aliphatic heterocycles. The Morgan fingerprint density at radius 2 is 1.06 bits per heavy atom. The summed E-state index contributed by atoms with van der Waals surface area (Å²) in [5.74, 6) is -0.483. The van der Waals surface area contributed by atoms with Gasteiger partial charge in [-0.1, -0.05) is 0 Å². The quantitative estimate of drug-likeness (QED) is 0.226. The average Bonchev–Trinajstić information content (AvgIpc) is 2.64. The normalized spacial score (nSPS) is 21.3. The van der Waals surface area contributed by atoms with Crippen molar-refractivity contribution in [3.63, 3.8) is 0 Å². The summed E-state index contributed by atoms with van der Waals surface area (Å²) in [4.78, 5) is 6.96. The Balaban J connectivity index is 4.58. The second kappa shape index (κ2) is 10.8. The second-order valence-electron chi connectivity index (χ2n) is 13.3. The van der Waals surface area contributed by atoms with E-state index in [9.17, 15) is 0 Å². The average molecular weight is 599 g/mol. The fourth-order valence-electron chi connectivity index (χ4n) is 7.48. The molecule has 0 atom stereocenters. The first-order valence-corrected chi connectivity index (χ1v) is 17.7. The Bertz CT molecular complexity index is 775. The first kappa shape index (κ1) is 33.8. The first-order valence-electron chi connectivity index (χ1n) is 12.9. The van der Waals surface area contributed by atoms with Crippen LogP contribution in [0.25, 0.3) is 0 Å². The van der Waals surface area contributed by atoms with E-state index in [1.807, 2.05) is 0 Å². The van der Waals surface area contributed by atoms with Gasteiger partial charge in [-0.15, -0.1) is 0 Å². The van der Waals surface area contributed by atoms with Crippen molar-refractivity contribution >= 4 is 34.0 Å². The van der Waals surface area contributed by atoms with Crippen LogP contribution in [0.5, 0.6) is 0 Å². The molecular formula is C25H59N7P2Se. The van der Waals surface area contributed by atoms with Gasteiger partial charge in [-0.25, -0.2) is 0 Å². The van der Waals surface area contributed by atoms with E-state index in [2.05, 4.69) is 163 Å². The van der Waals surface area contributed by atoms with Crippen LogP contribution >= 0.6 is 14.3 Å². The van der Waals surface area contributed by atoms with Gasteiger partial charge < -0.3 is 0 Å². The number of rotatable bonds is 8. The zero-order valence-electron chi connectivity index (χ0n) is 26.3. The molecule has 0 aromatic heterocycles. The molecule has 1 fully saturated rings. The molecule has 0 radical (unpaired) electrons. The minimum absolute atomic E-state index is 0.0278. The van der Waals surface area contributed by atoms with Gasteiger partial charge in [-0.3, -0.25) is 0 Å². The van der Waals surface area contributed by atoms with Crippen molar-refractivity contribution in [2.75, 3.05) is 83.7 Å². The van der Waals surface area contributed by atoms with Crippen molar-refractivity contribution in [1.29, 1.82) is 0 Å². The molecule has 0 spiro atoms. The van der Waals surface area contributed by atoms with Gasteiger partial charge in [0.05, 0.1) is 0 Å². The summed E-state index contributed by atoms with van der Waals surface area (Å²) in [6, 6.07) is 0. The minimum atomic E-state index is -2.92. The summed E-state index contributed by atoms with van der Waals surface area (Å²) in [6.45, 7) is 11.9. The van der Waals surface area contributed by atoms with E-state index in [4.69, 9.17) is 4.52 Å². The second-order valence-corrected chi connectivity index (χ2v) is 25.2. The van der Waals surface area contributed by atoms with E-state index < -0.39 is 20.2 Å². The van der Waals surface area contributed by atoms with Crippen molar-refractivity contribution in [3.05, 3.63) is 0 Å². The fraction of sp³-hybridized carbons (Fsp3) is 0.960. The predicted molar refractivity (Wildman–Crippen MR) is 164 cm³/mol. The molecule has 1 heterocycles. The van der Waals surface area contributed by atoms with Crippen LogP contribution in [0.4, 0.5) is 0 Å². The summed E-state index contributed by atoms with van der Waals surface area (Å²) in [6.07, 6.45) is 4.81. The van der Waals surface area contributed by atoms with Gasteiger partial charge in [0.2, 0.25) is 0 Å². The SMILES string of the molecule is CN(C)C(N(C)C)(N(C)C)N(C)P(=NP1(C(C)(C)C)(C(C)(C)C)CCCCC1=[Se])(N(C)C)N(C)C. The molecule has 0 aliphatic carbocycles. The number of hydrogen-bond donors (Lipinski definition) is 0. The van der Waals surface area contributed by atoms with Gasteiger partial charge in [0.1, 0.15) is 0 Å². The molecule has 0 aromatic carbocycles. The topological polar surface area (TPSA) is 31.8 Å². The van der Waals surface area contributed by atoms with E-state index >= 15 is 0 Å². The molecule has 0 saturated carbocycles. The standard InChI is InChI=1S/C25H59N7P2Se/c1-23(2,3)34(24(4,5)6,21-19-18-20-22(34)35)26-33(30(13)14,31(15)16)32(17)25(27(7)8,28(9)10)29(11)12/h18-21H2,1-17H3. The Morgan fingerprint density at radius 3 is 1.31 bits per heavy atom. The fourth-order valence-corrected chi connectivity index (χ4v) is 28.5. The van der Waals surface area contributed by atoms with E-state index in [0.717, 1.165) is 6.42 Å². The van der Waals surface area contributed by atoms with Gasteiger partial charge >= 0.3 is 228 Å². The van der Waals surface area contributed by atoms with Crippen LogP contribution in [0.3, 0.4) is 0 Å². The summed E-state index contributed by atoms with van der Waals surface area (Å²) in [7, 11) is 21.9. The molecule has 0 bridgehead atoms. The molecule has 0 amide bonds. The van der Waals surface area contributed by atoms with Crippen LogP contribution in [0.1, 0.15) is 60.8 Å². The molecule has 0 N–H and O–H groups in total. The first-order chi connectivity index (χ1) is 15.5. The summed E-state index contributed by atoms with van der Waals surface area (Å²) < 4.78 is 15.5. The molecule has 10 heteroatoms. The van der Waals surface area contributed by atoms with Gasteiger partial charge in [-0.2, -0.15) is 0 Å². The Morgan fingerprint density at radius 1 is 0.686 bits per heavy atom. The van der Waals surface area contributed by atoms with Gasteiger partial charge in [0.25, 0.3) is 0 Å². The molecule has 1 aliphatic rings. The Labute approximate surface area is 227 Å². The zero-order valence-corrected chi connectivity index (χ0v) is 29.8. The predicted octanol–water partition coefficient (Wildman–Crippen LogP) is 4.83. The van der Waals surface area contributed by atoms with Crippen LogP contribution in [-0.4, -0.2) is 148 Å². The monoisotopic (exact) mass is 599 g/mol. The van der Waals surface area contributed by atoms with Crippen LogP contribution in [0.15, 0.2) is 4.52 Å². The molecule has 35 heavy (non-hydrogen) atoms. The van der Waals surface area contributed by atoms with Gasteiger partial charge in [-0.05, 0) is 0 Å². The van der Waals surface area contributed by atoms with Crippen molar-refractivity contribution in [1.82, 2.24) is 28.7 Å². The van der Waals surface area contributed by atoms with Crippen LogP contribution in [0, 0.1) is 0 Å². The molecule has 0 aromatic rings. The van der Waals surface area contributed by atoms with Crippen LogP contribution < -0.4 is 0 Å². The number of nitrogens with zero attached hydrogens (tertiary/aromatic N) is 7. The third kappa shape index (κ3) is 4.54. The summed E-state index contributed by atoms with van der Waals surface area (Å²) >= 11 is 3.68. The third-order valence-corrected chi connectivity index (χ3v) is 25.6.